The molecule has 1 aromatic heterocycles. The number of nitrogens with zero attached hydrogens (tertiary/aromatic N) is 5. The average molecular weight is 591 g/mol. The summed E-state index contributed by atoms with van der Waals surface area (Å²) in [5.74, 6) is 0.478. The number of benzene rings is 1. The van der Waals surface area contributed by atoms with Crippen molar-refractivity contribution in [2.45, 2.75) is 65.0 Å². The molecular weight excluding hydrogens is 544 g/mol. The van der Waals surface area contributed by atoms with Gasteiger partial charge in [-0.1, -0.05) is 32.9 Å². The zero-order chi connectivity index (χ0) is 30.9. The highest BCUT2D eigenvalue weighted by molar-refractivity contribution is 5.94. The van der Waals surface area contributed by atoms with Gasteiger partial charge in [0.15, 0.2) is 0 Å². The number of likely N-dealkylation sites (tertiary alicyclic amines) is 1. The number of carboxylic acid groups (broad SMARTS) is 1. The molecule has 0 radical (unpaired) electrons. The summed E-state index contributed by atoms with van der Waals surface area (Å²) in [4.78, 5) is 50.4. The van der Waals surface area contributed by atoms with Crippen LogP contribution in [0.1, 0.15) is 58.9 Å². The predicted molar refractivity (Wildman–Crippen MR) is 167 cm³/mol. The lowest BCUT2D eigenvalue weighted by molar-refractivity contribution is -0.146. The highest BCUT2D eigenvalue weighted by Crippen LogP contribution is 2.34. The first-order valence-corrected chi connectivity index (χ1v) is 15.4. The molecule has 43 heavy (non-hydrogen) atoms. The molecule has 3 aliphatic heterocycles. The van der Waals surface area contributed by atoms with Gasteiger partial charge in [-0.2, -0.15) is 0 Å². The number of hydrogen-bond acceptors (Lipinski definition) is 6. The Morgan fingerprint density at radius 1 is 0.907 bits per heavy atom. The van der Waals surface area contributed by atoms with Gasteiger partial charge in [-0.05, 0) is 67.9 Å². The van der Waals surface area contributed by atoms with Gasteiger partial charge in [0.25, 0.3) is 0 Å². The van der Waals surface area contributed by atoms with Crippen molar-refractivity contribution in [1.82, 2.24) is 19.7 Å². The van der Waals surface area contributed by atoms with Crippen molar-refractivity contribution in [2.24, 2.45) is 11.3 Å². The van der Waals surface area contributed by atoms with E-state index in [0.29, 0.717) is 51.7 Å². The molecule has 0 bridgehead atoms. The molecule has 1 aromatic carbocycles. The number of amides is 3. The van der Waals surface area contributed by atoms with Gasteiger partial charge in [0.2, 0.25) is 11.8 Å². The zero-order valence-electron chi connectivity index (χ0n) is 26.1. The minimum atomic E-state index is -0.896. The molecule has 0 spiro atoms. The van der Waals surface area contributed by atoms with Crippen LogP contribution < -0.4 is 10.2 Å². The molecule has 3 amide bonds. The Hall–Kier alpha value is -3.66. The Kier molecular flexibility index (Phi) is 8.70. The molecule has 232 valence electrons. The molecule has 5 rings (SSSR count). The van der Waals surface area contributed by atoms with Gasteiger partial charge in [-0.15, -0.1) is 0 Å². The van der Waals surface area contributed by atoms with Gasteiger partial charge >= 0.3 is 6.09 Å². The molecule has 4 heterocycles. The van der Waals surface area contributed by atoms with E-state index in [-0.39, 0.29) is 29.2 Å². The number of piperazine rings is 1. The smallest absolute Gasteiger partial charge is 0.407 e. The summed E-state index contributed by atoms with van der Waals surface area (Å²) in [6, 6.07) is 11.9. The second kappa shape index (κ2) is 12.1. The Morgan fingerprint density at radius 2 is 1.58 bits per heavy atom. The van der Waals surface area contributed by atoms with E-state index in [0.717, 1.165) is 24.2 Å². The van der Waals surface area contributed by atoms with E-state index < -0.39 is 11.6 Å². The summed E-state index contributed by atoms with van der Waals surface area (Å²) < 4.78 is 0. The van der Waals surface area contributed by atoms with Crippen molar-refractivity contribution in [3.8, 4) is 0 Å². The van der Waals surface area contributed by atoms with Crippen molar-refractivity contribution in [1.29, 1.82) is 0 Å². The molecule has 10 heteroatoms. The van der Waals surface area contributed by atoms with Crippen molar-refractivity contribution in [3.63, 3.8) is 0 Å². The van der Waals surface area contributed by atoms with Crippen LogP contribution >= 0.6 is 0 Å². The maximum absolute atomic E-state index is 13.8. The molecule has 0 aliphatic carbocycles. The number of pyridine rings is 1. The third-order valence-electron chi connectivity index (χ3n) is 9.63. The van der Waals surface area contributed by atoms with Crippen LogP contribution in [0, 0.1) is 11.3 Å². The molecule has 1 atom stereocenters. The van der Waals surface area contributed by atoms with Crippen LogP contribution in [-0.2, 0) is 9.59 Å². The van der Waals surface area contributed by atoms with Crippen LogP contribution in [-0.4, -0.2) is 100 Å². The first kappa shape index (κ1) is 30.8. The van der Waals surface area contributed by atoms with Crippen LogP contribution in [0.15, 0.2) is 48.8 Å². The molecule has 3 aliphatic rings. The Bertz CT molecular complexity index is 1290. The highest BCUT2D eigenvalue weighted by Gasteiger charge is 2.46. The van der Waals surface area contributed by atoms with Crippen LogP contribution in [0.5, 0.6) is 0 Å². The van der Waals surface area contributed by atoms with Gasteiger partial charge in [-0.25, -0.2) is 4.79 Å². The van der Waals surface area contributed by atoms with E-state index in [2.05, 4.69) is 53.0 Å². The van der Waals surface area contributed by atoms with E-state index >= 15 is 0 Å². The van der Waals surface area contributed by atoms with E-state index in [1.807, 2.05) is 49.2 Å². The number of rotatable bonds is 6. The summed E-state index contributed by atoms with van der Waals surface area (Å²) in [5, 5.41) is 12.8. The number of aromatic nitrogens is 1. The maximum atomic E-state index is 13.8. The SMILES string of the molecule is CC(C)(C)C1CN(C(C)(C)C(=O)N2CCC(c3ccc(NC(=O)C4CN(c5cccnc5)C4)cc3)CC2)CCN1C(=O)O. The standard InChI is InChI=1S/C33H46N6O4/c1-32(2,3)28-22-38(17-18-39(28)31(42)43)33(4,5)30(41)36-15-12-24(13-16-36)23-8-10-26(11-9-23)35-29(40)25-20-37(21-25)27-7-6-14-34-19-27/h6-11,14,19,24-25,28H,12-13,15-18,20-22H2,1-5H3,(H,35,40)(H,42,43). The summed E-state index contributed by atoms with van der Waals surface area (Å²) in [6.07, 6.45) is 4.45. The van der Waals surface area contributed by atoms with Gasteiger partial charge in [0.1, 0.15) is 0 Å². The number of nitrogens with one attached hydrogen (secondary N) is 1. The third-order valence-corrected chi connectivity index (χ3v) is 9.63. The number of carbonyl (C=O) groups is 3. The first-order chi connectivity index (χ1) is 20.3. The van der Waals surface area contributed by atoms with Crippen LogP contribution in [0.25, 0.3) is 0 Å². The maximum Gasteiger partial charge on any atom is 0.407 e. The van der Waals surface area contributed by atoms with Gasteiger partial charge in [0, 0.05) is 57.7 Å². The highest BCUT2D eigenvalue weighted by atomic mass is 16.4. The molecular formula is C33H46N6O4. The largest absolute Gasteiger partial charge is 0.465 e. The third kappa shape index (κ3) is 6.64. The monoisotopic (exact) mass is 590 g/mol. The molecule has 2 N–H and O–H groups in total. The van der Waals surface area contributed by atoms with E-state index in [4.69, 9.17) is 0 Å². The fourth-order valence-corrected chi connectivity index (χ4v) is 6.68. The van der Waals surface area contributed by atoms with E-state index in [1.165, 1.54) is 10.5 Å². The Morgan fingerprint density at radius 3 is 2.16 bits per heavy atom. The number of piperidine rings is 1. The first-order valence-electron chi connectivity index (χ1n) is 15.4. The van der Waals surface area contributed by atoms with Gasteiger partial charge < -0.3 is 25.1 Å². The second-order valence-electron chi connectivity index (χ2n) is 13.9. The van der Waals surface area contributed by atoms with Crippen molar-refractivity contribution < 1.29 is 19.5 Å². The molecule has 2 aromatic rings. The topological polar surface area (TPSA) is 109 Å². The lowest BCUT2D eigenvalue weighted by Gasteiger charge is -2.51. The van der Waals surface area contributed by atoms with Crippen LogP contribution in [0.4, 0.5) is 16.2 Å². The number of hydrogen-bond donors (Lipinski definition) is 2. The minimum absolute atomic E-state index is 0.0358. The normalized spacial score (nSPS) is 21.0. The van der Waals surface area contributed by atoms with Crippen molar-refractivity contribution >= 4 is 29.3 Å². The average Bonchev–Trinajstić information content (AvgIpc) is 2.96. The lowest BCUT2D eigenvalue weighted by atomic mass is 9.83. The van der Waals surface area contributed by atoms with Crippen molar-refractivity contribution in [2.75, 3.05) is 56.0 Å². The Balaban J connectivity index is 1.11. The molecule has 3 fully saturated rings. The lowest BCUT2D eigenvalue weighted by Crippen LogP contribution is -2.66. The van der Waals surface area contributed by atoms with Crippen LogP contribution in [0.3, 0.4) is 0 Å². The van der Waals surface area contributed by atoms with Gasteiger partial charge in [0.05, 0.1) is 29.4 Å². The Labute approximate surface area is 255 Å². The molecule has 1 unspecified atom stereocenters. The quantitative estimate of drug-likeness (QED) is 0.515. The number of carbonyl (C=O) groups excluding carboxylic acids is 2. The van der Waals surface area contributed by atoms with Gasteiger partial charge in [-0.3, -0.25) is 19.5 Å². The second-order valence-corrected chi connectivity index (χ2v) is 13.9. The molecule has 3 saturated heterocycles. The summed E-state index contributed by atoms with van der Waals surface area (Å²) in [7, 11) is 0. The predicted octanol–water partition coefficient (Wildman–Crippen LogP) is 4.35. The van der Waals surface area contributed by atoms with E-state index in [1.54, 1.807) is 6.20 Å². The fourth-order valence-electron chi connectivity index (χ4n) is 6.68. The van der Waals surface area contributed by atoms with Crippen molar-refractivity contribution in [3.05, 3.63) is 54.4 Å². The minimum Gasteiger partial charge on any atom is -0.465 e. The summed E-state index contributed by atoms with van der Waals surface area (Å²) >= 11 is 0. The van der Waals surface area contributed by atoms with Crippen LogP contribution in [0.2, 0.25) is 0 Å². The number of anilines is 2. The zero-order valence-corrected chi connectivity index (χ0v) is 26.1. The fraction of sp³-hybridized carbons (Fsp3) is 0.576. The molecule has 0 saturated carbocycles. The van der Waals surface area contributed by atoms with E-state index in [9.17, 15) is 19.5 Å². The summed E-state index contributed by atoms with van der Waals surface area (Å²) in [6.45, 7) is 14.4. The summed E-state index contributed by atoms with van der Waals surface area (Å²) in [5.41, 5.74) is 2.13. The molecule has 10 nitrogen and oxygen atoms in total.